The van der Waals surface area contributed by atoms with Crippen LogP contribution in [-0.4, -0.2) is 25.7 Å². The third-order valence-electron chi connectivity index (χ3n) is 4.24. The summed E-state index contributed by atoms with van der Waals surface area (Å²) in [5.74, 6) is -1.62. The van der Waals surface area contributed by atoms with Gasteiger partial charge < -0.3 is 5.32 Å². The Bertz CT molecular complexity index is 1140. The minimum absolute atomic E-state index is 0.129. The van der Waals surface area contributed by atoms with E-state index in [1.54, 1.807) is 36.8 Å². The molecule has 0 saturated carbocycles. The van der Waals surface area contributed by atoms with Gasteiger partial charge in [0.15, 0.2) is 5.82 Å². The second-order valence-corrected chi connectivity index (χ2v) is 6.25. The summed E-state index contributed by atoms with van der Waals surface area (Å²) in [7, 11) is 0. The van der Waals surface area contributed by atoms with Crippen molar-refractivity contribution in [3.05, 3.63) is 96.2 Å². The summed E-state index contributed by atoms with van der Waals surface area (Å²) in [5.41, 5.74) is 2.64. The van der Waals surface area contributed by atoms with Crippen LogP contribution in [0.5, 0.6) is 0 Å². The van der Waals surface area contributed by atoms with E-state index in [1.165, 1.54) is 23.1 Å². The summed E-state index contributed by atoms with van der Waals surface area (Å²) < 4.78 is 28.3. The summed E-state index contributed by atoms with van der Waals surface area (Å²) in [5, 5.41) is 6.91. The monoisotopic (exact) mass is 391 g/mol. The van der Waals surface area contributed by atoms with Gasteiger partial charge in [-0.3, -0.25) is 14.8 Å². The molecule has 0 bridgehead atoms. The molecule has 0 radical (unpaired) electrons. The highest BCUT2D eigenvalue weighted by molar-refractivity contribution is 5.94. The minimum Gasteiger partial charge on any atom is -0.348 e. The molecule has 29 heavy (non-hydrogen) atoms. The molecule has 0 atom stereocenters. The van der Waals surface area contributed by atoms with Crippen LogP contribution >= 0.6 is 0 Å². The molecule has 8 heteroatoms. The zero-order valence-corrected chi connectivity index (χ0v) is 15.1. The molecule has 3 heterocycles. The lowest BCUT2D eigenvalue weighted by molar-refractivity contribution is 0.0950. The number of amides is 1. The van der Waals surface area contributed by atoms with Crippen LogP contribution in [0.25, 0.3) is 16.9 Å². The van der Waals surface area contributed by atoms with Crippen molar-refractivity contribution in [1.29, 1.82) is 0 Å². The highest BCUT2D eigenvalue weighted by Crippen LogP contribution is 2.20. The number of pyridine rings is 2. The lowest BCUT2D eigenvalue weighted by Crippen LogP contribution is -2.22. The normalized spacial score (nSPS) is 10.7. The Morgan fingerprint density at radius 3 is 2.69 bits per heavy atom. The standard InChI is InChI=1S/C21H15F2N5O/c22-17-4-6-20(18(23)8-17)28-13-16(12-27-28)19-5-3-15(11-25-19)21(29)26-10-14-2-1-7-24-9-14/h1-9,11-13H,10H2,(H,26,29). The van der Waals surface area contributed by atoms with Crippen molar-refractivity contribution in [1.82, 2.24) is 25.1 Å². The maximum Gasteiger partial charge on any atom is 0.253 e. The van der Waals surface area contributed by atoms with E-state index in [4.69, 9.17) is 0 Å². The van der Waals surface area contributed by atoms with Crippen molar-refractivity contribution in [2.24, 2.45) is 0 Å². The van der Waals surface area contributed by atoms with Crippen molar-refractivity contribution < 1.29 is 13.6 Å². The van der Waals surface area contributed by atoms with Gasteiger partial charge >= 0.3 is 0 Å². The fraction of sp³-hybridized carbons (Fsp3) is 0.0476. The van der Waals surface area contributed by atoms with Crippen LogP contribution in [0.3, 0.4) is 0 Å². The molecule has 4 aromatic rings. The molecule has 1 amide bonds. The number of nitrogens with zero attached hydrogens (tertiary/aromatic N) is 4. The van der Waals surface area contributed by atoms with Crippen LogP contribution in [0.15, 0.2) is 73.4 Å². The average Bonchev–Trinajstić information content (AvgIpc) is 3.23. The quantitative estimate of drug-likeness (QED) is 0.565. The first-order valence-corrected chi connectivity index (χ1v) is 8.74. The Morgan fingerprint density at radius 2 is 1.97 bits per heavy atom. The van der Waals surface area contributed by atoms with E-state index < -0.39 is 11.6 Å². The maximum absolute atomic E-state index is 13.9. The van der Waals surface area contributed by atoms with Crippen molar-refractivity contribution in [3.63, 3.8) is 0 Å². The topological polar surface area (TPSA) is 72.7 Å². The fourth-order valence-corrected chi connectivity index (χ4v) is 2.74. The van der Waals surface area contributed by atoms with Gasteiger partial charge in [-0.1, -0.05) is 6.07 Å². The summed E-state index contributed by atoms with van der Waals surface area (Å²) >= 11 is 0. The highest BCUT2D eigenvalue weighted by atomic mass is 19.1. The Morgan fingerprint density at radius 1 is 1.07 bits per heavy atom. The first kappa shape index (κ1) is 18.4. The summed E-state index contributed by atoms with van der Waals surface area (Å²) in [6.45, 7) is 0.366. The van der Waals surface area contributed by atoms with Gasteiger partial charge in [0.2, 0.25) is 0 Å². The smallest absolute Gasteiger partial charge is 0.253 e. The minimum atomic E-state index is -0.715. The van der Waals surface area contributed by atoms with Gasteiger partial charge in [0.25, 0.3) is 5.91 Å². The molecular formula is C21H15F2N5O. The van der Waals surface area contributed by atoms with E-state index in [0.717, 1.165) is 17.7 Å². The largest absolute Gasteiger partial charge is 0.348 e. The molecule has 0 aliphatic rings. The molecule has 1 N–H and O–H groups in total. The number of aromatic nitrogens is 4. The summed E-state index contributed by atoms with van der Waals surface area (Å²) in [4.78, 5) is 20.5. The molecule has 0 aliphatic carbocycles. The average molecular weight is 391 g/mol. The second-order valence-electron chi connectivity index (χ2n) is 6.25. The van der Waals surface area contributed by atoms with Gasteiger partial charge in [-0.05, 0) is 35.9 Å². The van der Waals surface area contributed by atoms with E-state index >= 15 is 0 Å². The van der Waals surface area contributed by atoms with Crippen LogP contribution < -0.4 is 5.32 Å². The van der Waals surface area contributed by atoms with Gasteiger partial charge in [-0.25, -0.2) is 13.5 Å². The lowest BCUT2D eigenvalue weighted by Gasteiger charge is -2.05. The van der Waals surface area contributed by atoms with E-state index in [2.05, 4.69) is 20.4 Å². The molecule has 1 aromatic carbocycles. The fourth-order valence-electron chi connectivity index (χ4n) is 2.74. The number of carbonyl (C=O) groups excluding carboxylic acids is 1. The van der Waals surface area contributed by atoms with Gasteiger partial charge in [0.1, 0.15) is 11.5 Å². The van der Waals surface area contributed by atoms with Gasteiger partial charge in [0.05, 0.1) is 17.5 Å². The Kier molecular flexibility index (Phi) is 5.07. The van der Waals surface area contributed by atoms with Crippen LogP contribution in [-0.2, 0) is 6.54 Å². The number of halogens is 2. The predicted molar refractivity (Wildman–Crippen MR) is 102 cm³/mol. The molecule has 0 saturated heterocycles. The molecule has 0 aliphatic heterocycles. The number of rotatable bonds is 5. The summed E-state index contributed by atoms with van der Waals surface area (Å²) in [6, 6.07) is 10.3. The molecule has 6 nitrogen and oxygen atoms in total. The van der Waals surface area contributed by atoms with Crippen molar-refractivity contribution in [2.45, 2.75) is 6.54 Å². The van der Waals surface area contributed by atoms with Crippen molar-refractivity contribution in [2.75, 3.05) is 0 Å². The maximum atomic E-state index is 13.9. The van der Waals surface area contributed by atoms with E-state index in [0.29, 0.717) is 23.4 Å². The highest BCUT2D eigenvalue weighted by Gasteiger charge is 2.11. The molecule has 4 rings (SSSR count). The number of hydrogen-bond acceptors (Lipinski definition) is 4. The SMILES string of the molecule is O=C(NCc1cccnc1)c1ccc(-c2cnn(-c3ccc(F)cc3F)c2)nc1. The zero-order valence-electron chi connectivity index (χ0n) is 15.1. The van der Waals surface area contributed by atoms with Gasteiger partial charge in [-0.15, -0.1) is 0 Å². The van der Waals surface area contributed by atoms with Crippen LogP contribution in [0.1, 0.15) is 15.9 Å². The molecule has 0 unspecified atom stereocenters. The number of nitrogens with one attached hydrogen (secondary N) is 1. The number of carbonyl (C=O) groups is 1. The van der Waals surface area contributed by atoms with Crippen molar-refractivity contribution in [3.8, 4) is 16.9 Å². The Labute approximate surface area is 164 Å². The Balaban J connectivity index is 1.47. The Hall–Kier alpha value is -3.94. The molecule has 0 fully saturated rings. The number of hydrogen-bond donors (Lipinski definition) is 1. The zero-order chi connectivity index (χ0) is 20.2. The molecular weight excluding hydrogens is 376 g/mol. The van der Waals surface area contributed by atoms with Crippen molar-refractivity contribution >= 4 is 5.91 Å². The van der Waals surface area contributed by atoms with Crippen LogP contribution in [0.2, 0.25) is 0 Å². The number of benzene rings is 1. The molecule has 3 aromatic heterocycles. The van der Waals surface area contributed by atoms with E-state index in [1.807, 2.05) is 6.07 Å². The van der Waals surface area contributed by atoms with Gasteiger partial charge in [0, 0.05) is 43.0 Å². The first-order valence-electron chi connectivity index (χ1n) is 8.74. The van der Waals surface area contributed by atoms with E-state index in [9.17, 15) is 13.6 Å². The van der Waals surface area contributed by atoms with Crippen LogP contribution in [0, 0.1) is 11.6 Å². The predicted octanol–water partition coefficient (Wildman–Crippen LogP) is 3.54. The first-order chi connectivity index (χ1) is 14.1. The molecule has 144 valence electrons. The summed E-state index contributed by atoms with van der Waals surface area (Å²) in [6.07, 6.45) is 7.92. The third-order valence-corrected chi connectivity index (χ3v) is 4.24. The van der Waals surface area contributed by atoms with Gasteiger partial charge in [-0.2, -0.15) is 5.10 Å². The second kappa shape index (κ2) is 7.97. The lowest BCUT2D eigenvalue weighted by atomic mass is 10.2. The molecule has 0 spiro atoms. The third kappa shape index (κ3) is 4.16. The van der Waals surface area contributed by atoms with E-state index in [-0.39, 0.29) is 11.6 Å². The van der Waals surface area contributed by atoms with Crippen LogP contribution in [0.4, 0.5) is 8.78 Å².